The fourth-order valence-electron chi connectivity index (χ4n) is 4.90. The second kappa shape index (κ2) is 9.79. The summed E-state index contributed by atoms with van der Waals surface area (Å²) in [7, 11) is 0. The SMILES string of the molecule is CC(C(N)=O)C1CCC(CCN2CCC(C(=O)c3ccc(F)cc3F)CC2)CC1. The first-order valence-electron chi connectivity index (χ1n) is 10.9. The van der Waals surface area contributed by atoms with Crippen molar-refractivity contribution < 1.29 is 18.4 Å². The van der Waals surface area contributed by atoms with Crippen LogP contribution in [-0.2, 0) is 4.79 Å². The monoisotopic (exact) mass is 406 g/mol. The predicted octanol–water partition coefficient (Wildman–Crippen LogP) is 4.18. The maximum absolute atomic E-state index is 13.9. The quantitative estimate of drug-likeness (QED) is 0.691. The van der Waals surface area contributed by atoms with Gasteiger partial charge in [0.15, 0.2) is 5.78 Å². The molecule has 3 rings (SSSR count). The van der Waals surface area contributed by atoms with Crippen molar-refractivity contribution in [1.29, 1.82) is 0 Å². The molecule has 1 aromatic carbocycles. The molecule has 2 fully saturated rings. The van der Waals surface area contributed by atoms with Crippen LogP contribution in [0.2, 0.25) is 0 Å². The summed E-state index contributed by atoms with van der Waals surface area (Å²) in [5, 5.41) is 0. The molecular weight excluding hydrogens is 374 g/mol. The van der Waals surface area contributed by atoms with Crippen molar-refractivity contribution in [1.82, 2.24) is 4.90 Å². The van der Waals surface area contributed by atoms with E-state index in [4.69, 9.17) is 5.73 Å². The number of nitrogens with zero attached hydrogens (tertiary/aromatic N) is 1. The smallest absolute Gasteiger partial charge is 0.220 e. The molecule has 160 valence electrons. The summed E-state index contributed by atoms with van der Waals surface area (Å²) in [5.41, 5.74) is 5.44. The summed E-state index contributed by atoms with van der Waals surface area (Å²) >= 11 is 0. The fourth-order valence-corrected chi connectivity index (χ4v) is 4.90. The van der Waals surface area contributed by atoms with Crippen LogP contribution in [0.3, 0.4) is 0 Å². The molecule has 6 heteroatoms. The average molecular weight is 407 g/mol. The molecule has 1 aliphatic heterocycles. The van der Waals surface area contributed by atoms with Crippen molar-refractivity contribution in [3.8, 4) is 0 Å². The number of primary amides is 1. The summed E-state index contributed by atoms with van der Waals surface area (Å²) in [5.74, 6) is -0.909. The standard InChI is InChI=1S/C23H32F2N2O2/c1-15(23(26)29)17-4-2-16(3-5-17)8-11-27-12-9-18(10-13-27)22(28)20-7-6-19(24)14-21(20)25/h6-7,14-18H,2-5,8-13H2,1H3,(H2,26,29). The number of amides is 1. The van der Waals surface area contributed by atoms with Gasteiger partial charge in [0.2, 0.25) is 5.91 Å². The third-order valence-corrected chi connectivity index (χ3v) is 7.06. The summed E-state index contributed by atoms with van der Waals surface area (Å²) in [6, 6.07) is 3.18. The van der Waals surface area contributed by atoms with E-state index in [1.807, 2.05) is 6.92 Å². The maximum atomic E-state index is 13.9. The molecule has 4 nitrogen and oxygen atoms in total. The highest BCUT2D eigenvalue weighted by molar-refractivity contribution is 5.98. The Bertz CT molecular complexity index is 724. The number of piperidine rings is 1. The van der Waals surface area contributed by atoms with E-state index in [9.17, 15) is 18.4 Å². The molecule has 0 radical (unpaired) electrons. The van der Waals surface area contributed by atoms with Crippen molar-refractivity contribution >= 4 is 11.7 Å². The Labute approximate surface area is 171 Å². The molecule has 2 N–H and O–H groups in total. The molecule has 0 bridgehead atoms. The highest BCUT2D eigenvalue weighted by Crippen LogP contribution is 2.35. The lowest BCUT2D eigenvalue weighted by atomic mass is 9.75. The number of ketones is 1. The van der Waals surface area contributed by atoms with Crippen LogP contribution in [0, 0.1) is 35.3 Å². The zero-order chi connectivity index (χ0) is 21.0. The van der Waals surface area contributed by atoms with Crippen LogP contribution >= 0.6 is 0 Å². The molecular formula is C23H32F2N2O2. The predicted molar refractivity (Wildman–Crippen MR) is 108 cm³/mol. The minimum atomic E-state index is -0.765. The average Bonchev–Trinajstić information content (AvgIpc) is 2.72. The van der Waals surface area contributed by atoms with Crippen LogP contribution < -0.4 is 5.73 Å². The van der Waals surface area contributed by atoms with Crippen molar-refractivity contribution in [3.05, 3.63) is 35.4 Å². The summed E-state index contributed by atoms with van der Waals surface area (Å²) in [6.45, 7) is 4.64. The molecule has 1 amide bonds. The Morgan fingerprint density at radius 1 is 1.10 bits per heavy atom. The first kappa shape index (κ1) is 21.9. The molecule has 1 unspecified atom stereocenters. The third-order valence-electron chi connectivity index (χ3n) is 7.06. The number of likely N-dealkylation sites (tertiary alicyclic amines) is 1. The Kier molecular flexibility index (Phi) is 7.38. The first-order chi connectivity index (χ1) is 13.8. The second-order valence-corrected chi connectivity index (χ2v) is 8.86. The first-order valence-corrected chi connectivity index (χ1v) is 10.9. The molecule has 1 aliphatic carbocycles. The number of hydrogen-bond acceptors (Lipinski definition) is 3. The van der Waals surface area contributed by atoms with Gasteiger partial charge in [-0.3, -0.25) is 9.59 Å². The second-order valence-electron chi connectivity index (χ2n) is 8.86. The normalized spacial score (nSPS) is 24.9. The molecule has 0 aromatic heterocycles. The Morgan fingerprint density at radius 2 is 1.76 bits per heavy atom. The minimum Gasteiger partial charge on any atom is -0.369 e. The van der Waals surface area contributed by atoms with E-state index in [1.165, 1.54) is 6.07 Å². The van der Waals surface area contributed by atoms with Crippen LogP contribution in [-0.4, -0.2) is 36.2 Å². The number of halogens is 2. The van der Waals surface area contributed by atoms with Gasteiger partial charge < -0.3 is 10.6 Å². The van der Waals surface area contributed by atoms with Gasteiger partial charge >= 0.3 is 0 Å². The van der Waals surface area contributed by atoms with E-state index in [2.05, 4.69) is 4.90 Å². The third kappa shape index (κ3) is 5.62. The zero-order valence-corrected chi connectivity index (χ0v) is 17.2. The molecule has 2 aliphatic rings. The van der Waals surface area contributed by atoms with Crippen molar-refractivity contribution in [3.63, 3.8) is 0 Å². The molecule has 1 saturated heterocycles. The summed E-state index contributed by atoms with van der Waals surface area (Å²) in [6.07, 6.45) is 7.05. The molecule has 1 heterocycles. The maximum Gasteiger partial charge on any atom is 0.220 e. The van der Waals surface area contributed by atoms with Crippen LogP contribution in [0.1, 0.15) is 62.2 Å². The van der Waals surface area contributed by atoms with E-state index < -0.39 is 11.6 Å². The Morgan fingerprint density at radius 3 is 2.34 bits per heavy atom. The molecule has 0 spiro atoms. The fraction of sp³-hybridized carbons (Fsp3) is 0.652. The minimum absolute atomic E-state index is 0.00630. The van der Waals surface area contributed by atoms with E-state index >= 15 is 0 Å². The molecule has 1 aromatic rings. The van der Waals surface area contributed by atoms with Crippen LogP contribution in [0.5, 0.6) is 0 Å². The van der Waals surface area contributed by atoms with Crippen molar-refractivity contribution in [2.75, 3.05) is 19.6 Å². The highest BCUT2D eigenvalue weighted by Gasteiger charge is 2.30. The Balaban J connectivity index is 1.39. The number of benzene rings is 1. The van der Waals surface area contributed by atoms with Gasteiger partial charge in [0, 0.05) is 17.9 Å². The lowest BCUT2D eigenvalue weighted by Crippen LogP contribution is -2.38. The summed E-state index contributed by atoms with van der Waals surface area (Å²) in [4.78, 5) is 26.3. The van der Waals surface area contributed by atoms with Gasteiger partial charge in [0.25, 0.3) is 0 Å². The lowest BCUT2D eigenvalue weighted by Gasteiger charge is -2.34. The zero-order valence-electron chi connectivity index (χ0n) is 17.2. The summed E-state index contributed by atoms with van der Waals surface area (Å²) < 4.78 is 26.9. The van der Waals surface area contributed by atoms with Crippen molar-refractivity contribution in [2.45, 2.75) is 51.9 Å². The number of Topliss-reactive ketones (excluding diaryl/α,β-unsaturated/α-hetero) is 1. The van der Waals surface area contributed by atoms with E-state index in [1.54, 1.807) is 0 Å². The highest BCUT2D eigenvalue weighted by atomic mass is 19.1. The van der Waals surface area contributed by atoms with E-state index in [-0.39, 0.29) is 29.1 Å². The topological polar surface area (TPSA) is 63.4 Å². The number of carbonyl (C=O) groups excluding carboxylic acids is 2. The van der Waals surface area contributed by atoms with Gasteiger partial charge in [-0.2, -0.15) is 0 Å². The van der Waals surface area contributed by atoms with Crippen LogP contribution in [0.4, 0.5) is 8.78 Å². The largest absolute Gasteiger partial charge is 0.369 e. The lowest BCUT2D eigenvalue weighted by molar-refractivity contribution is -0.123. The van der Waals surface area contributed by atoms with E-state index in [0.717, 1.165) is 76.7 Å². The number of hydrogen-bond donors (Lipinski definition) is 1. The van der Waals surface area contributed by atoms with Crippen LogP contribution in [0.15, 0.2) is 18.2 Å². The molecule has 29 heavy (non-hydrogen) atoms. The van der Waals surface area contributed by atoms with Gasteiger partial charge in [0.05, 0.1) is 5.56 Å². The van der Waals surface area contributed by atoms with Gasteiger partial charge in [-0.25, -0.2) is 8.78 Å². The number of rotatable bonds is 7. The molecule has 1 saturated carbocycles. The number of carbonyl (C=O) groups is 2. The van der Waals surface area contributed by atoms with Gasteiger partial charge in [-0.15, -0.1) is 0 Å². The Hall–Kier alpha value is -1.82. The molecule has 1 atom stereocenters. The van der Waals surface area contributed by atoms with Crippen LogP contribution in [0.25, 0.3) is 0 Å². The number of nitrogens with two attached hydrogens (primary N) is 1. The van der Waals surface area contributed by atoms with E-state index in [0.29, 0.717) is 11.8 Å². The van der Waals surface area contributed by atoms with Gasteiger partial charge in [0.1, 0.15) is 11.6 Å². The van der Waals surface area contributed by atoms with Gasteiger partial charge in [-0.1, -0.05) is 19.8 Å². The van der Waals surface area contributed by atoms with Crippen molar-refractivity contribution in [2.24, 2.45) is 29.4 Å². The van der Waals surface area contributed by atoms with Gasteiger partial charge in [-0.05, 0) is 75.7 Å².